The van der Waals surface area contributed by atoms with Crippen LogP contribution in [-0.2, 0) is 20.0 Å². The van der Waals surface area contributed by atoms with Gasteiger partial charge in [-0.25, -0.2) is 12.8 Å². The van der Waals surface area contributed by atoms with Gasteiger partial charge >= 0.3 is 10.2 Å². The second-order valence-corrected chi connectivity index (χ2v) is 13.5. The second-order valence-electron chi connectivity index (χ2n) is 8.56. The molecule has 2 aromatic carbocycles. The zero-order valence-corrected chi connectivity index (χ0v) is 21.3. The van der Waals surface area contributed by atoms with Crippen molar-refractivity contribution in [2.75, 3.05) is 16.6 Å². The highest BCUT2D eigenvalue weighted by Crippen LogP contribution is 2.42. The van der Waals surface area contributed by atoms with Crippen molar-refractivity contribution in [2.24, 2.45) is 0 Å². The number of halogens is 1. The third-order valence-corrected chi connectivity index (χ3v) is 11.1. The van der Waals surface area contributed by atoms with Crippen LogP contribution in [0.2, 0.25) is 0 Å². The summed E-state index contributed by atoms with van der Waals surface area (Å²) in [5.41, 5.74) is 2.56. The number of aromatic nitrogens is 1. The van der Waals surface area contributed by atoms with Crippen molar-refractivity contribution in [3.8, 4) is 17.2 Å². The maximum atomic E-state index is 13.5. The molecule has 1 aliphatic carbocycles. The average Bonchev–Trinajstić information content (AvgIpc) is 2.85. The van der Waals surface area contributed by atoms with Crippen LogP contribution in [0, 0.1) is 17.1 Å². The number of nitrogens with one attached hydrogen (secondary N) is 1. The molecule has 0 radical (unpaired) electrons. The van der Waals surface area contributed by atoms with Gasteiger partial charge in [0.2, 0.25) is 0 Å². The van der Waals surface area contributed by atoms with Crippen molar-refractivity contribution in [3.05, 3.63) is 72.3 Å². The predicted molar refractivity (Wildman–Crippen MR) is 135 cm³/mol. The fraction of sp³-hybridized carbons (Fsp3) is 0.250. The third-order valence-electron chi connectivity index (χ3n) is 6.28. The molecule has 5 rings (SSSR count). The van der Waals surface area contributed by atoms with E-state index < -0.39 is 37.2 Å². The largest absolute Gasteiger partial charge is 0.301 e. The summed E-state index contributed by atoms with van der Waals surface area (Å²) in [6, 6.07) is 13.4. The zero-order chi connectivity index (χ0) is 25.5. The van der Waals surface area contributed by atoms with Gasteiger partial charge in [-0.15, -0.1) is 11.8 Å². The maximum absolute atomic E-state index is 13.5. The van der Waals surface area contributed by atoms with E-state index in [9.17, 15) is 21.2 Å². The van der Waals surface area contributed by atoms with E-state index in [1.807, 2.05) is 0 Å². The van der Waals surface area contributed by atoms with Gasteiger partial charge in [0.15, 0.2) is 9.84 Å². The molecule has 1 N–H and O–H groups in total. The highest BCUT2D eigenvalue weighted by molar-refractivity contribution is 8.00. The monoisotopic (exact) mass is 544 g/mol. The van der Waals surface area contributed by atoms with E-state index in [0.29, 0.717) is 17.0 Å². The first kappa shape index (κ1) is 24.7. The summed E-state index contributed by atoms with van der Waals surface area (Å²) in [4.78, 5) is 4.93. The highest BCUT2D eigenvalue weighted by Gasteiger charge is 2.42. The number of thioether (sulfide) groups is 1. The molecular weight excluding hydrogens is 523 g/mol. The summed E-state index contributed by atoms with van der Waals surface area (Å²) in [6.45, 7) is 0.239. The van der Waals surface area contributed by atoms with Crippen LogP contribution in [0.1, 0.15) is 18.4 Å². The van der Waals surface area contributed by atoms with Crippen LogP contribution in [-0.4, -0.2) is 45.4 Å². The van der Waals surface area contributed by atoms with Gasteiger partial charge in [0.25, 0.3) is 0 Å². The highest BCUT2D eigenvalue weighted by atomic mass is 32.2. The summed E-state index contributed by atoms with van der Waals surface area (Å²) < 4.78 is 69.5. The SMILES string of the molecule is N#Cc1ccc(-c2cncc3c2SCCN3S(=O)(=O)NC2CC(S(=O)(=O)c3cccc(F)c3)C2)cc1. The minimum atomic E-state index is -3.97. The molecule has 2 aliphatic rings. The van der Waals surface area contributed by atoms with Crippen molar-refractivity contribution in [1.82, 2.24) is 9.71 Å². The van der Waals surface area contributed by atoms with E-state index in [-0.39, 0.29) is 24.3 Å². The number of hydrogen-bond acceptors (Lipinski definition) is 7. The second kappa shape index (κ2) is 9.48. The molecular formula is C24H21FN4O4S3. The first-order valence-corrected chi connectivity index (χ1v) is 15.1. The lowest BCUT2D eigenvalue weighted by Crippen LogP contribution is -2.54. The summed E-state index contributed by atoms with van der Waals surface area (Å²) in [6.07, 6.45) is 3.39. The van der Waals surface area contributed by atoms with Gasteiger partial charge in [-0.05, 0) is 48.7 Å². The molecule has 1 saturated carbocycles. The summed E-state index contributed by atoms with van der Waals surface area (Å²) >= 11 is 1.53. The van der Waals surface area contributed by atoms with Crippen LogP contribution in [0.15, 0.2) is 70.7 Å². The summed E-state index contributed by atoms with van der Waals surface area (Å²) in [5.74, 6) is -0.106. The number of fused-ring (bicyclic) bond motifs is 1. The molecule has 36 heavy (non-hydrogen) atoms. The molecule has 0 bridgehead atoms. The van der Waals surface area contributed by atoms with Gasteiger partial charge in [0.05, 0.1) is 33.7 Å². The Bertz CT molecular complexity index is 1570. The van der Waals surface area contributed by atoms with E-state index in [1.165, 1.54) is 40.5 Å². The lowest BCUT2D eigenvalue weighted by molar-refractivity contribution is 0.378. The Morgan fingerprint density at radius 2 is 1.83 bits per heavy atom. The number of benzene rings is 2. The Kier molecular flexibility index (Phi) is 6.50. The normalized spacial score (nSPS) is 19.7. The van der Waals surface area contributed by atoms with Crippen LogP contribution >= 0.6 is 11.8 Å². The first-order valence-electron chi connectivity index (χ1n) is 11.1. The molecule has 2 heterocycles. The third kappa shape index (κ3) is 4.59. The molecule has 0 amide bonds. The number of sulfone groups is 1. The van der Waals surface area contributed by atoms with Crippen molar-refractivity contribution in [3.63, 3.8) is 0 Å². The van der Waals surface area contributed by atoms with Crippen LogP contribution in [0.5, 0.6) is 0 Å². The number of anilines is 1. The van der Waals surface area contributed by atoms with Gasteiger partial charge < -0.3 is 0 Å². The number of pyridine rings is 1. The fourth-order valence-corrected chi connectivity index (χ4v) is 8.98. The van der Waals surface area contributed by atoms with Crippen molar-refractivity contribution < 1.29 is 21.2 Å². The minimum absolute atomic E-state index is 0.0998. The molecule has 3 aromatic rings. The molecule has 12 heteroatoms. The Balaban J connectivity index is 1.33. The van der Waals surface area contributed by atoms with Gasteiger partial charge in [-0.2, -0.15) is 18.4 Å². The molecule has 186 valence electrons. The molecule has 0 atom stereocenters. The number of nitrogens with zero attached hydrogens (tertiary/aromatic N) is 3. The van der Waals surface area contributed by atoms with E-state index >= 15 is 0 Å². The number of nitriles is 1. The van der Waals surface area contributed by atoms with Crippen molar-refractivity contribution in [2.45, 2.75) is 33.9 Å². The van der Waals surface area contributed by atoms with Crippen LogP contribution in [0.25, 0.3) is 11.1 Å². The number of hydrogen-bond donors (Lipinski definition) is 1. The van der Waals surface area contributed by atoms with E-state index in [1.54, 1.807) is 30.5 Å². The smallest absolute Gasteiger partial charge is 0.262 e. The standard InChI is InChI=1S/C24H21FN4O4S3/c25-18-2-1-3-20(10-18)35(30,31)21-11-19(12-21)28-36(32,33)29-8-9-34-24-22(14-27-15-23(24)29)17-6-4-16(13-26)5-7-17/h1-7,10,14-15,19,21,28H,8-9,11-12H2. The maximum Gasteiger partial charge on any atom is 0.301 e. The Labute approximate surface area is 213 Å². The Morgan fingerprint density at radius 1 is 1.08 bits per heavy atom. The quantitative estimate of drug-likeness (QED) is 0.504. The van der Waals surface area contributed by atoms with E-state index in [0.717, 1.165) is 22.1 Å². The van der Waals surface area contributed by atoms with Crippen LogP contribution in [0.4, 0.5) is 10.1 Å². The topological polar surface area (TPSA) is 120 Å². The minimum Gasteiger partial charge on any atom is -0.262 e. The molecule has 0 unspecified atom stereocenters. The summed E-state index contributed by atoms with van der Waals surface area (Å²) in [5, 5.41) is 8.27. The van der Waals surface area contributed by atoms with Crippen molar-refractivity contribution in [1.29, 1.82) is 5.26 Å². The van der Waals surface area contributed by atoms with Crippen molar-refractivity contribution >= 4 is 37.5 Å². The molecule has 1 aliphatic heterocycles. The molecule has 0 spiro atoms. The zero-order valence-electron chi connectivity index (χ0n) is 18.8. The number of rotatable bonds is 6. The Morgan fingerprint density at radius 3 is 2.53 bits per heavy atom. The van der Waals surface area contributed by atoms with Gasteiger partial charge in [-0.3, -0.25) is 9.29 Å². The van der Waals surface area contributed by atoms with Crippen LogP contribution < -0.4 is 9.03 Å². The fourth-order valence-electron chi connectivity index (χ4n) is 4.32. The molecule has 1 aromatic heterocycles. The molecule has 8 nitrogen and oxygen atoms in total. The average molecular weight is 545 g/mol. The van der Waals surface area contributed by atoms with E-state index in [4.69, 9.17) is 5.26 Å². The predicted octanol–water partition coefficient (Wildman–Crippen LogP) is 3.51. The van der Waals surface area contributed by atoms with Gasteiger partial charge in [0.1, 0.15) is 5.82 Å². The first-order chi connectivity index (χ1) is 17.2. The lowest BCUT2D eigenvalue weighted by Gasteiger charge is -2.38. The van der Waals surface area contributed by atoms with Crippen LogP contribution in [0.3, 0.4) is 0 Å². The van der Waals surface area contributed by atoms with Gasteiger partial charge in [0, 0.05) is 35.0 Å². The lowest BCUT2D eigenvalue weighted by atomic mass is 9.93. The molecule has 0 saturated heterocycles. The molecule has 1 fully saturated rings. The Hall–Kier alpha value is -2.98. The van der Waals surface area contributed by atoms with E-state index in [2.05, 4.69) is 15.8 Å². The summed E-state index contributed by atoms with van der Waals surface area (Å²) in [7, 11) is -7.72. The van der Waals surface area contributed by atoms with Gasteiger partial charge in [-0.1, -0.05) is 18.2 Å².